The average molecular weight is 281 g/mol. The van der Waals surface area contributed by atoms with E-state index in [4.69, 9.17) is 16.3 Å². The first-order chi connectivity index (χ1) is 8.88. The smallest absolute Gasteiger partial charge is 0.407 e. The third kappa shape index (κ3) is 6.68. The van der Waals surface area contributed by atoms with Crippen molar-refractivity contribution in [3.63, 3.8) is 0 Å². The fourth-order valence-electron chi connectivity index (χ4n) is 1.18. The van der Waals surface area contributed by atoms with Gasteiger partial charge in [0.25, 0.3) is 0 Å². The van der Waals surface area contributed by atoms with Gasteiger partial charge in [0, 0.05) is 30.9 Å². The maximum Gasteiger partial charge on any atom is 0.407 e. The number of carbonyl (C=O) groups excluding carboxylic acids is 1. The number of halogens is 1. The molecule has 0 spiro atoms. The van der Waals surface area contributed by atoms with Gasteiger partial charge in [-0.3, -0.25) is 4.98 Å². The summed E-state index contributed by atoms with van der Waals surface area (Å²) in [5.74, 6) is 5.85. The second-order valence-electron chi connectivity index (χ2n) is 4.84. The predicted molar refractivity (Wildman–Crippen MR) is 75.0 cm³/mol. The predicted octanol–water partition coefficient (Wildman–Crippen LogP) is 3.00. The minimum Gasteiger partial charge on any atom is -0.444 e. The lowest BCUT2D eigenvalue weighted by Crippen LogP contribution is -2.32. The van der Waals surface area contributed by atoms with Crippen LogP contribution in [-0.4, -0.2) is 23.2 Å². The van der Waals surface area contributed by atoms with E-state index < -0.39 is 11.7 Å². The van der Waals surface area contributed by atoms with E-state index >= 15 is 0 Å². The summed E-state index contributed by atoms with van der Waals surface area (Å²) in [6.45, 7) is 5.89. The van der Waals surface area contributed by atoms with Gasteiger partial charge in [0.15, 0.2) is 0 Å². The lowest BCUT2D eigenvalue weighted by molar-refractivity contribution is 0.0529. The Bertz CT molecular complexity index is 498. The molecule has 1 rings (SSSR count). The Hall–Kier alpha value is -1.73. The maximum atomic E-state index is 11.3. The zero-order valence-electron chi connectivity index (χ0n) is 11.3. The van der Waals surface area contributed by atoms with Crippen molar-refractivity contribution in [1.82, 2.24) is 10.3 Å². The average Bonchev–Trinajstić information content (AvgIpc) is 2.28. The zero-order valence-corrected chi connectivity index (χ0v) is 12.0. The summed E-state index contributed by atoms with van der Waals surface area (Å²) in [6, 6.07) is 1.75. The highest BCUT2D eigenvalue weighted by molar-refractivity contribution is 6.31. The molecule has 0 fully saturated rings. The number of nitrogens with one attached hydrogen (secondary N) is 1. The van der Waals surface area contributed by atoms with Crippen molar-refractivity contribution in [3.8, 4) is 11.8 Å². The number of ether oxygens (including phenoxy) is 1. The third-order valence-corrected chi connectivity index (χ3v) is 2.21. The Morgan fingerprint density at radius 3 is 2.89 bits per heavy atom. The highest BCUT2D eigenvalue weighted by Crippen LogP contribution is 2.11. The quantitative estimate of drug-likeness (QED) is 0.669. The summed E-state index contributed by atoms with van der Waals surface area (Å²) in [4.78, 5) is 15.2. The molecule has 102 valence electrons. The number of hydrogen-bond acceptors (Lipinski definition) is 3. The molecular weight excluding hydrogens is 264 g/mol. The van der Waals surface area contributed by atoms with Gasteiger partial charge < -0.3 is 10.1 Å². The van der Waals surface area contributed by atoms with Crippen molar-refractivity contribution >= 4 is 17.7 Å². The summed E-state index contributed by atoms with van der Waals surface area (Å²) in [5.41, 5.74) is 0.245. The number of amides is 1. The molecule has 0 aliphatic carbocycles. The number of nitrogens with zero attached hydrogens (tertiary/aromatic N) is 1. The number of hydrogen-bond donors (Lipinski definition) is 1. The molecule has 0 unspecified atom stereocenters. The first-order valence-electron chi connectivity index (χ1n) is 5.94. The molecule has 5 heteroatoms. The number of aromatic nitrogens is 1. The minimum atomic E-state index is -0.486. The van der Waals surface area contributed by atoms with E-state index in [2.05, 4.69) is 22.1 Å². The van der Waals surface area contributed by atoms with E-state index in [1.165, 1.54) is 0 Å². The summed E-state index contributed by atoms with van der Waals surface area (Å²) < 4.78 is 5.09. The van der Waals surface area contributed by atoms with E-state index in [-0.39, 0.29) is 0 Å². The SMILES string of the molecule is CC(C)(C)OC(=O)NCCC#Cc1ccncc1Cl. The number of pyridine rings is 1. The van der Waals surface area contributed by atoms with E-state index in [0.29, 0.717) is 18.0 Å². The molecule has 1 heterocycles. The molecule has 1 aromatic heterocycles. The van der Waals surface area contributed by atoms with Crippen molar-refractivity contribution < 1.29 is 9.53 Å². The normalized spacial score (nSPS) is 10.3. The summed E-state index contributed by atoms with van der Waals surface area (Å²) >= 11 is 5.91. The fourth-order valence-corrected chi connectivity index (χ4v) is 1.34. The van der Waals surface area contributed by atoms with Gasteiger partial charge in [-0.2, -0.15) is 0 Å². The molecule has 0 aliphatic heterocycles. The first kappa shape index (κ1) is 15.3. The molecule has 1 amide bonds. The van der Waals surface area contributed by atoms with Gasteiger partial charge in [0.05, 0.1) is 5.02 Å². The van der Waals surface area contributed by atoms with E-state index in [1.54, 1.807) is 18.5 Å². The first-order valence-corrected chi connectivity index (χ1v) is 6.31. The van der Waals surface area contributed by atoms with Crippen LogP contribution < -0.4 is 5.32 Å². The molecule has 0 atom stereocenters. The van der Waals surface area contributed by atoms with Crippen molar-refractivity contribution in [2.75, 3.05) is 6.54 Å². The molecule has 0 saturated heterocycles. The van der Waals surface area contributed by atoms with Crippen LogP contribution in [0, 0.1) is 11.8 Å². The van der Waals surface area contributed by atoms with E-state index in [0.717, 1.165) is 5.56 Å². The molecule has 0 radical (unpaired) electrons. The lowest BCUT2D eigenvalue weighted by Gasteiger charge is -2.19. The Morgan fingerprint density at radius 2 is 2.26 bits per heavy atom. The van der Waals surface area contributed by atoms with Crippen molar-refractivity contribution in [2.24, 2.45) is 0 Å². The van der Waals surface area contributed by atoms with Crippen LogP contribution >= 0.6 is 11.6 Å². The number of carbonyl (C=O) groups is 1. The monoisotopic (exact) mass is 280 g/mol. The van der Waals surface area contributed by atoms with Gasteiger partial charge in [-0.05, 0) is 26.8 Å². The molecule has 1 aromatic rings. The maximum absolute atomic E-state index is 11.3. The van der Waals surface area contributed by atoms with Crippen molar-refractivity contribution in [3.05, 3.63) is 29.0 Å². The third-order valence-electron chi connectivity index (χ3n) is 1.91. The van der Waals surface area contributed by atoms with Crippen molar-refractivity contribution in [1.29, 1.82) is 0 Å². The Balaban J connectivity index is 2.33. The number of rotatable bonds is 2. The lowest BCUT2D eigenvalue weighted by atomic mass is 10.2. The fraction of sp³-hybridized carbons (Fsp3) is 0.429. The van der Waals surface area contributed by atoms with Crippen LogP contribution in [0.1, 0.15) is 32.8 Å². The van der Waals surface area contributed by atoms with Crippen LogP contribution in [0.3, 0.4) is 0 Å². The van der Waals surface area contributed by atoms with Crippen LogP contribution in [0.25, 0.3) is 0 Å². The molecule has 1 N–H and O–H groups in total. The van der Waals surface area contributed by atoms with Gasteiger partial charge in [-0.25, -0.2) is 4.79 Å². The van der Waals surface area contributed by atoms with Crippen LogP contribution in [0.2, 0.25) is 5.02 Å². The van der Waals surface area contributed by atoms with Crippen LogP contribution in [0.15, 0.2) is 18.5 Å². The second-order valence-corrected chi connectivity index (χ2v) is 5.24. The molecule has 0 aliphatic rings. The van der Waals surface area contributed by atoms with Crippen LogP contribution in [0.4, 0.5) is 4.79 Å². The Labute approximate surface area is 118 Å². The molecule has 0 aromatic carbocycles. The van der Waals surface area contributed by atoms with Gasteiger partial charge >= 0.3 is 6.09 Å². The Kier molecular flexibility index (Phi) is 5.65. The van der Waals surface area contributed by atoms with Gasteiger partial charge in [-0.1, -0.05) is 23.4 Å². The van der Waals surface area contributed by atoms with Gasteiger partial charge in [0.2, 0.25) is 0 Å². The highest BCUT2D eigenvalue weighted by Gasteiger charge is 2.15. The van der Waals surface area contributed by atoms with Gasteiger partial charge in [-0.15, -0.1) is 0 Å². The van der Waals surface area contributed by atoms with E-state index in [9.17, 15) is 4.79 Å². The largest absolute Gasteiger partial charge is 0.444 e. The van der Waals surface area contributed by atoms with Gasteiger partial charge in [0.1, 0.15) is 5.60 Å². The minimum absolute atomic E-state index is 0.434. The van der Waals surface area contributed by atoms with Crippen LogP contribution in [0.5, 0.6) is 0 Å². The van der Waals surface area contributed by atoms with E-state index in [1.807, 2.05) is 20.8 Å². The molecule has 0 bridgehead atoms. The summed E-state index contributed by atoms with van der Waals surface area (Å²) in [5, 5.41) is 3.15. The number of alkyl carbamates (subject to hydrolysis) is 1. The topological polar surface area (TPSA) is 51.2 Å². The summed E-state index contributed by atoms with van der Waals surface area (Å²) in [7, 11) is 0. The Morgan fingerprint density at radius 1 is 1.53 bits per heavy atom. The standard InChI is InChI=1S/C14H17ClN2O2/c1-14(2,3)19-13(18)17-8-5-4-6-11-7-9-16-10-12(11)15/h7,9-10H,5,8H2,1-3H3,(H,17,18). The highest BCUT2D eigenvalue weighted by atomic mass is 35.5. The van der Waals surface area contributed by atoms with Crippen molar-refractivity contribution in [2.45, 2.75) is 32.8 Å². The van der Waals surface area contributed by atoms with Crippen LogP contribution in [-0.2, 0) is 4.74 Å². The molecule has 0 saturated carbocycles. The molecule has 19 heavy (non-hydrogen) atoms. The summed E-state index contributed by atoms with van der Waals surface area (Å²) in [6.07, 6.45) is 3.27. The zero-order chi connectivity index (χ0) is 14.3. The second kappa shape index (κ2) is 7.01. The molecule has 4 nitrogen and oxygen atoms in total. The molecular formula is C14H17ClN2O2.